The zero-order valence-electron chi connectivity index (χ0n) is 34.0. The normalized spacial score (nSPS) is 11.6. The van der Waals surface area contributed by atoms with Gasteiger partial charge in [0.2, 0.25) is 17.2 Å². The van der Waals surface area contributed by atoms with Gasteiger partial charge in [-0.05, 0) is 53.5 Å². The molecule has 0 atom stereocenters. The number of benzene rings is 8. The number of nitrogens with zero attached hydrogens (tertiary/aromatic N) is 4. The predicted octanol–water partition coefficient (Wildman–Crippen LogP) is 9.35. The molecule has 0 spiro atoms. The fraction of sp³-hybridized carbons (Fsp3) is 0. The summed E-state index contributed by atoms with van der Waals surface area (Å²) < 4.78 is 8.47. The van der Waals surface area contributed by atoms with E-state index >= 15 is 0 Å². The molecular formula is C51H31BN4O10. The summed E-state index contributed by atoms with van der Waals surface area (Å²) in [5.41, 5.74) is 2.66. The Bertz CT molecular complexity index is 3720. The largest absolute Gasteiger partial charge is 0.505 e. The molecule has 66 heavy (non-hydrogen) atoms. The van der Waals surface area contributed by atoms with Gasteiger partial charge in [-0.1, -0.05) is 91.0 Å². The standard InChI is InChI=1S/C51H31BN4O10/c52-38-43(61)39(57)35(40(58)44(38)62)26-21-30(37-41(59)45(63)47(65)46(64)42(37)60)36-28-14-7-8-16-31(28)56(33(36)22-26)32-17-9-15-27-29-20-25(18-19-34(29)66-48(27)32)51-54-49(23-10-3-1-4-11-23)53-50(55-51)24-12-5-2-6-13-24/h1-22,57-65H. The Morgan fingerprint density at radius 1 is 0.409 bits per heavy atom. The Hall–Kier alpha value is -9.37. The molecule has 9 N–H and O–H groups in total. The van der Waals surface area contributed by atoms with Crippen molar-refractivity contribution in [2.24, 2.45) is 0 Å². The van der Waals surface area contributed by atoms with Crippen molar-refractivity contribution in [3.63, 3.8) is 0 Å². The van der Waals surface area contributed by atoms with Gasteiger partial charge < -0.3 is 54.9 Å². The summed E-state index contributed by atoms with van der Waals surface area (Å²) in [5.74, 6) is -7.81. The highest BCUT2D eigenvalue weighted by molar-refractivity contribution is 6.37. The highest BCUT2D eigenvalue weighted by Gasteiger charge is 2.30. The molecule has 0 aliphatic carbocycles. The van der Waals surface area contributed by atoms with Crippen LogP contribution in [0.1, 0.15) is 0 Å². The molecule has 0 fully saturated rings. The van der Waals surface area contributed by atoms with Crippen LogP contribution >= 0.6 is 0 Å². The van der Waals surface area contributed by atoms with Crippen molar-refractivity contribution in [1.29, 1.82) is 0 Å². The number of para-hydroxylation sites is 2. The van der Waals surface area contributed by atoms with Crippen LogP contribution in [0, 0.1) is 0 Å². The van der Waals surface area contributed by atoms with E-state index in [1.165, 1.54) is 12.1 Å². The monoisotopic (exact) mass is 870 g/mol. The van der Waals surface area contributed by atoms with E-state index in [1.54, 1.807) is 34.9 Å². The van der Waals surface area contributed by atoms with Crippen LogP contribution in [0.15, 0.2) is 138 Å². The number of rotatable bonds is 6. The predicted molar refractivity (Wildman–Crippen MR) is 249 cm³/mol. The van der Waals surface area contributed by atoms with Crippen LogP contribution in [-0.2, 0) is 0 Å². The highest BCUT2D eigenvalue weighted by atomic mass is 16.4. The van der Waals surface area contributed by atoms with Gasteiger partial charge in [0.25, 0.3) is 0 Å². The average Bonchev–Trinajstić information content (AvgIpc) is 3.90. The van der Waals surface area contributed by atoms with Crippen LogP contribution < -0.4 is 5.46 Å². The van der Waals surface area contributed by atoms with Crippen LogP contribution in [0.25, 0.3) is 106 Å². The molecule has 0 aliphatic rings. The number of fused-ring (bicyclic) bond motifs is 6. The quantitative estimate of drug-likeness (QED) is 0.0431. The second-order valence-electron chi connectivity index (χ2n) is 15.6. The molecule has 0 saturated carbocycles. The third-order valence-electron chi connectivity index (χ3n) is 11.8. The summed E-state index contributed by atoms with van der Waals surface area (Å²) >= 11 is 0. The average molecular weight is 871 g/mol. The molecule has 14 nitrogen and oxygen atoms in total. The van der Waals surface area contributed by atoms with Crippen LogP contribution in [0.2, 0.25) is 0 Å². The molecule has 3 aromatic heterocycles. The molecule has 2 radical (unpaired) electrons. The molecule has 0 aliphatic heterocycles. The van der Waals surface area contributed by atoms with Crippen LogP contribution in [0.5, 0.6) is 51.7 Å². The first-order chi connectivity index (χ1) is 31.9. The summed E-state index contributed by atoms with van der Waals surface area (Å²) in [6.07, 6.45) is 0. The highest BCUT2D eigenvalue weighted by Crippen LogP contribution is 2.58. The first-order valence-electron chi connectivity index (χ1n) is 20.3. The fourth-order valence-electron chi connectivity index (χ4n) is 8.66. The number of aromatic nitrogens is 4. The van der Waals surface area contributed by atoms with Gasteiger partial charge in [-0.2, -0.15) is 0 Å². The van der Waals surface area contributed by atoms with Crippen molar-refractivity contribution < 1.29 is 50.4 Å². The van der Waals surface area contributed by atoms with E-state index in [0.29, 0.717) is 61.6 Å². The number of phenolic OH excluding ortho intramolecular Hbond substituents is 9. The van der Waals surface area contributed by atoms with E-state index in [2.05, 4.69) is 0 Å². The molecule has 0 amide bonds. The third-order valence-corrected chi connectivity index (χ3v) is 11.8. The van der Waals surface area contributed by atoms with E-state index in [0.717, 1.165) is 16.5 Å². The molecule has 0 bridgehead atoms. The van der Waals surface area contributed by atoms with Crippen molar-refractivity contribution in [2.45, 2.75) is 0 Å². The first-order valence-corrected chi connectivity index (χ1v) is 20.3. The molecule has 0 unspecified atom stereocenters. The Balaban J connectivity index is 1.19. The third kappa shape index (κ3) is 5.80. The molecule has 11 aromatic rings. The van der Waals surface area contributed by atoms with E-state index < -0.39 is 68.3 Å². The van der Waals surface area contributed by atoms with Gasteiger partial charge in [0.05, 0.1) is 27.8 Å². The van der Waals surface area contributed by atoms with Crippen molar-refractivity contribution in [3.05, 3.63) is 133 Å². The molecule has 3 heterocycles. The number of hydrogen-bond donors (Lipinski definition) is 9. The zero-order valence-corrected chi connectivity index (χ0v) is 34.0. The minimum absolute atomic E-state index is 0.0869. The fourth-order valence-corrected chi connectivity index (χ4v) is 8.66. The van der Waals surface area contributed by atoms with Gasteiger partial charge in [0.1, 0.15) is 13.4 Å². The van der Waals surface area contributed by atoms with Gasteiger partial charge in [0.15, 0.2) is 57.6 Å². The maximum absolute atomic E-state index is 11.4. The topological polar surface area (TPSA) is 239 Å². The van der Waals surface area contributed by atoms with Gasteiger partial charge in [0, 0.05) is 43.8 Å². The van der Waals surface area contributed by atoms with Gasteiger partial charge in [-0.3, -0.25) is 0 Å². The second-order valence-corrected chi connectivity index (χ2v) is 15.6. The Labute approximate surface area is 373 Å². The second kappa shape index (κ2) is 14.6. The van der Waals surface area contributed by atoms with E-state index in [9.17, 15) is 46.0 Å². The smallest absolute Gasteiger partial charge is 0.208 e. The number of hydrogen-bond acceptors (Lipinski definition) is 13. The number of phenols is 9. The maximum atomic E-state index is 11.4. The summed E-state index contributed by atoms with van der Waals surface area (Å²) in [7, 11) is 5.78. The zero-order chi connectivity index (χ0) is 45.7. The Kier molecular flexibility index (Phi) is 8.74. The van der Waals surface area contributed by atoms with Crippen LogP contribution in [-0.4, -0.2) is 73.3 Å². The molecule has 11 rings (SSSR count). The lowest BCUT2D eigenvalue weighted by atomic mass is 9.87. The molecular weight excluding hydrogens is 839 g/mol. The maximum Gasteiger partial charge on any atom is 0.208 e. The summed E-state index contributed by atoms with van der Waals surface area (Å²) in [6, 6.07) is 40.3. The minimum Gasteiger partial charge on any atom is -0.505 e. The lowest BCUT2D eigenvalue weighted by Crippen LogP contribution is -2.05. The van der Waals surface area contributed by atoms with Gasteiger partial charge in [-0.25, -0.2) is 15.0 Å². The van der Waals surface area contributed by atoms with Crippen molar-refractivity contribution in [2.75, 3.05) is 0 Å². The van der Waals surface area contributed by atoms with Crippen molar-refractivity contribution >= 4 is 57.1 Å². The van der Waals surface area contributed by atoms with E-state index in [-0.39, 0.29) is 16.6 Å². The Morgan fingerprint density at radius 2 is 0.939 bits per heavy atom. The van der Waals surface area contributed by atoms with Crippen molar-refractivity contribution in [3.8, 4) is 114 Å². The van der Waals surface area contributed by atoms with E-state index in [4.69, 9.17) is 27.2 Å². The van der Waals surface area contributed by atoms with Crippen LogP contribution in [0.4, 0.5) is 0 Å². The van der Waals surface area contributed by atoms with E-state index in [1.807, 2.05) is 91.0 Å². The summed E-state index contributed by atoms with van der Waals surface area (Å²) in [6.45, 7) is 0. The number of furan rings is 1. The molecule has 0 saturated heterocycles. The number of aromatic hydroxyl groups is 9. The molecule has 8 aromatic carbocycles. The van der Waals surface area contributed by atoms with Crippen molar-refractivity contribution in [1.82, 2.24) is 19.5 Å². The summed E-state index contributed by atoms with van der Waals surface area (Å²) in [4.78, 5) is 14.6. The molecule has 15 heteroatoms. The minimum atomic E-state index is -1.18. The van der Waals surface area contributed by atoms with Gasteiger partial charge in [-0.15, -0.1) is 0 Å². The Morgan fingerprint density at radius 3 is 1.56 bits per heavy atom. The lowest BCUT2D eigenvalue weighted by molar-refractivity contribution is 0.330. The van der Waals surface area contributed by atoms with Gasteiger partial charge >= 0.3 is 0 Å². The lowest BCUT2D eigenvalue weighted by Gasteiger charge is -2.18. The SMILES string of the molecule is [B]c1c(O)c(O)c(-c2cc(-c3c(O)c(O)c(O)c(O)c3O)c3c4ccccc4n(-c4cccc5c4oc4ccc(-c6nc(-c7ccccc7)nc(-c7ccccc7)n6)cc45)c3c2)c(O)c1O. The van der Waals surface area contributed by atoms with Crippen LogP contribution in [0.3, 0.4) is 0 Å². The molecule has 318 valence electrons. The first kappa shape index (κ1) is 39.5. The summed E-state index contributed by atoms with van der Waals surface area (Å²) in [5, 5.41) is 101.